The smallest absolute Gasteiger partial charge is 0.295 e. The van der Waals surface area contributed by atoms with Crippen LogP contribution in [0.2, 0.25) is 0 Å². The fourth-order valence-corrected chi connectivity index (χ4v) is 3.53. The van der Waals surface area contributed by atoms with E-state index in [1.54, 1.807) is 37.5 Å². The summed E-state index contributed by atoms with van der Waals surface area (Å²) in [5, 5.41) is 10.9. The first-order valence-corrected chi connectivity index (χ1v) is 9.85. The van der Waals surface area contributed by atoms with Crippen molar-refractivity contribution in [2.45, 2.75) is 12.5 Å². The molecule has 3 rings (SSSR count). The zero-order chi connectivity index (χ0) is 22.4. The molecule has 0 aliphatic carbocycles. The van der Waals surface area contributed by atoms with Gasteiger partial charge in [0.1, 0.15) is 23.9 Å². The van der Waals surface area contributed by atoms with Gasteiger partial charge in [0.15, 0.2) is 0 Å². The van der Waals surface area contributed by atoms with Crippen LogP contribution in [-0.2, 0) is 14.3 Å². The fourth-order valence-electron chi connectivity index (χ4n) is 3.53. The highest BCUT2D eigenvalue weighted by atomic mass is 19.1. The molecule has 7 heteroatoms. The lowest BCUT2D eigenvalue weighted by molar-refractivity contribution is -0.140. The largest absolute Gasteiger partial charge is 0.507 e. The number of likely N-dealkylation sites (tertiary alicyclic amines) is 1. The lowest BCUT2D eigenvalue weighted by Gasteiger charge is -2.25. The van der Waals surface area contributed by atoms with Crippen LogP contribution in [0, 0.1) is 5.82 Å². The summed E-state index contributed by atoms with van der Waals surface area (Å²) >= 11 is 0. The number of carbonyl (C=O) groups excluding carboxylic acids is 2. The highest BCUT2D eigenvalue weighted by Crippen LogP contribution is 2.40. The van der Waals surface area contributed by atoms with Crippen molar-refractivity contribution >= 4 is 17.4 Å². The second kappa shape index (κ2) is 10.0. The summed E-state index contributed by atoms with van der Waals surface area (Å²) in [5.74, 6) is -1.78. The van der Waals surface area contributed by atoms with Crippen LogP contribution in [0.3, 0.4) is 0 Å². The number of hydrogen-bond acceptors (Lipinski definition) is 5. The molecule has 162 valence electrons. The Morgan fingerprint density at radius 3 is 2.65 bits per heavy atom. The molecule has 0 spiro atoms. The molecule has 6 nitrogen and oxygen atoms in total. The lowest BCUT2D eigenvalue weighted by atomic mass is 9.95. The second-order valence-corrected chi connectivity index (χ2v) is 7.02. The van der Waals surface area contributed by atoms with Crippen molar-refractivity contribution in [2.24, 2.45) is 0 Å². The molecule has 1 atom stereocenters. The van der Waals surface area contributed by atoms with Gasteiger partial charge in [0.2, 0.25) is 0 Å². The van der Waals surface area contributed by atoms with Gasteiger partial charge < -0.3 is 19.5 Å². The van der Waals surface area contributed by atoms with E-state index in [1.807, 2.05) is 0 Å². The Kier molecular flexibility index (Phi) is 7.20. The highest BCUT2D eigenvalue weighted by Gasteiger charge is 2.45. The van der Waals surface area contributed by atoms with Crippen molar-refractivity contribution in [2.75, 3.05) is 26.9 Å². The minimum Gasteiger partial charge on any atom is -0.507 e. The minimum absolute atomic E-state index is 0.0464. The van der Waals surface area contributed by atoms with Crippen molar-refractivity contribution in [3.8, 4) is 5.75 Å². The molecular formula is C24H24FNO5. The molecular weight excluding hydrogens is 401 g/mol. The number of ketones is 1. The number of amides is 1. The molecule has 1 amide bonds. The van der Waals surface area contributed by atoms with E-state index in [2.05, 4.69) is 6.58 Å². The number of hydrogen-bond donors (Lipinski definition) is 1. The number of methoxy groups -OCH3 is 1. The average molecular weight is 425 g/mol. The van der Waals surface area contributed by atoms with Gasteiger partial charge in [-0.15, -0.1) is 0 Å². The fraction of sp³-hybridized carbons (Fsp3) is 0.250. The van der Waals surface area contributed by atoms with Crippen LogP contribution in [-0.4, -0.2) is 48.6 Å². The van der Waals surface area contributed by atoms with E-state index in [-0.39, 0.29) is 23.4 Å². The molecule has 2 aromatic rings. The Labute approximate surface area is 180 Å². The minimum atomic E-state index is -0.811. The van der Waals surface area contributed by atoms with Gasteiger partial charge in [-0.2, -0.15) is 0 Å². The van der Waals surface area contributed by atoms with E-state index in [0.717, 1.165) is 0 Å². The zero-order valence-corrected chi connectivity index (χ0v) is 17.2. The van der Waals surface area contributed by atoms with Crippen molar-refractivity contribution in [1.29, 1.82) is 0 Å². The Morgan fingerprint density at radius 1 is 1.23 bits per heavy atom. The topological polar surface area (TPSA) is 76.1 Å². The predicted octanol–water partition coefficient (Wildman–Crippen LogP) is 3.85. The van der Waals surface area contributed by atoms with Crippen molar-refractivity contribution in [1.82, 2.24) is 4.90 Å². The Bertz CT molecular complexity index is 999. The third-order valence-corrected chi connectivity index (χ3v) is 4.95. The number of rotatable bonds is 9. The van der Waals surface area contributed by atoms with E-state index < -0.39 is 23.5 Å². The van der Waals surface area contributed by atoms with Crippen molar-refractivity contribution < 1.29 is 28.6 Å². The number of benzene rings is 2. The number of nitrogens with zero attached hydrogens (tertiary/aromatic N) is 1. The molecule has 31 heavy (non-hydrogen) atoms. The Balaban J connectivity index is 2.10. The van der Waals surface area contributed by atoms with Gasteiger partial charge in [-0.25, -0.2) is 4.39 Å². The van der Waals surface area contributed by atoms with Crippen LogP contribution < -0.4 is 4.74 Å². The summed E-state index contributed by atoms with van der Waals surface area (Å²) < 4.78 is 24.0. The summed E-state index contributed by atoms with van der Waals surface area (Å²) in [5.41, 5.74) is 0.817. The second-order valence-electron chi connectivity index (χ2n) is 7.02. The monoisotopic (exact) mass is 425 g/mol. The number of Topliss-reactive ketones (excluding diaryl/α,β-unsaturated/α-hetero) is 1. The van der Waals surface area contributed by atoms with E-state index >= 15 is 0 Å². The first-order chi connectivity index (χ1) is 15.0. The van der Waals surface area contributed by atoms with E-state index in [9.17, 15) is 19.1 Å². The molecule has 0 bridgehead atoms. The molecule has 0 saturated carbocycles. The molecule has 1 aliphatic rings. The van der Waals surface area contributed by atoms with Crippen molar-refractivity contribution in [3.05, 3.63) is 83.7 Å². The van der Waals surface area contributed by atoms with E-state index in [4.69, 9.17) is 9.47 Å². The third kappa shape index (κ3) is 4.83. The number of carbonyl (C=O) groups is 2. The zero-order valence-electron chi connectivity index (χ0n) is 17.2. The van der Waals surface area contributed by atoms with Crippen molar-refractivity contribution in [3.63, 3.8) is 0 Å². The lowest BCUT2D eigenvalue weighted by Crippen LogP contribution is -2.31. The summed E-state index contributed by atoms with van der Waals surface area (Å²) in [6.45, 7) is 4.60. The molecule has 1 aliphatic heterocycles. The first-order valence-electron chi connectivity index (χ1n) is 9.85. The third-order valence-electron chi connectivity index (χ3n) is 4.95. The van der Waals surface area contributed by atoms with Gasteiger partial charge in [0.25, 0.3) is 11.7 Å². The molecule has 1 saturated heterocycles. The molecule has 1 unspecified atom stereocenters. The highest BCUT2D eigenvalue weighted by molar-refractivity contribution is 6.46. The number of halogens is 1. The maximum absolute atomic E-state index is 13.3. The van der Waals surface area contributed by atoms with Crippen LogP contribution in [0.15, 0.2) is 66.8 Å². The van der Waals surface area contributed by atoms with Crippen LogP contribution in [0.5, 0.6) is 5.75 Å². The summed E-state index contributed by atoms with van der Waals surface area (Å²) in [7, 11) is 1.56. The molecule has 0 aromatic heterocycles. The van der Waals surface area contributed by atoms with Crippen LogP contribution in [0.1, 0.15) is 23.6 Å². The normalized spacial score (nSPS) is 17.7. The van der Waals surface area contributed by atoms with Crippen LogP contribution in [0.25, 0.3) is 5.76 Å². The molecule has 1 fully saturated rings. The number of ether oxygens (including phenoxy) is 2. The van der Waals surface area contributed by atoms with Gasteiger partial charge in [-0.1, -0.05) is 24.8 Å². The number of aliphatic hydroxyl groups excluding tert-OH is 1. The predicted molar refractivity (Wildman–Crippen MR) is 114 cm³/mol. The van der Waals surface area contributed by atoms with Gasteiger partial charge in [0, 0.05) is 25.8 Å². The van der Waals surface area contributed by atoms with Gasteiger partial charge >= 0.3 is 0 Å². The first kappa shape index (κ1) is 22.2. The van der Waals surface area contributed by atoms with Gasteiger partial charge in [-0.3, -0.25) is 9.59 Å². The summed E-state index contributed by atoms with van der Waals surface area (Å²) in [6, 6.07) is 11.3. The standard InChI is InChI=1S/C24H24FNO5/c1-3-13-31-19-7-4-6-17(15-19)21-20(22(27)16-8-10-18(25)11-9-16)23(28)24(29)26(21)12-5-14-30-2/h3-4,6-11,15,21,27H,1,5,12-14H2,2H3/b22-20-. The molecule has 1 N–H and O–H groups in total. The van der Waals surface area contributed by atoms with Crippen LogP contribution in [0.4, 0.5) is 4.39 Å². The Hall–Kier alpha value is -3.45. The number of aliphatic hydroxyl groups is 1. The SMILES string of the molecule is C=CCOc1cccc(C2/C(=C(/O)c3ccc(F)cc3)C(=O)C(=O)N2CCCOC)c1. The maximum atomic E-state index is 13.3. The molecule has 2 aromatic carbocycles. The summed E-state index contributed by atoms with van der Waals surface area (Å²) in [6.07, 6.45) is 2.13. The average Bonchev–Trinajstić information content (AvgIpc) is 3.03. The van der Waals surface area contributed by atoms with E-state index in [0.29, 0.717) is 30.9 Å². The van der Waals surface area contributed by atoms with Gasteiger partial charge in [0.05, 0.1) is 11.6 Å². The Morgan fingerprint density at radius 2 is 1.97 bits per heavy atom. The molecule has 1 heterocycles. The van der Waals surface area contributed by atoms with Crippen LogP contribution >= 0.6 is 0 Å². The molecule has 0 radical (unpaired) electrons. The summed E-state index contributed by atoms with van der Waals surface area (Å²) in [4.78, 5) is 27.2. The van der Waals surface area contributed by atoms with Gasteiger partial charge in [-0.05, 0) is 48.4 Å². The maximum Gasteiger partial charge on any atom is 0.295 e. The quantitative estimate of drug-likeness (QED) is 0.217. The van der Waals surface area contributed by atoms with E-state index in [1.165, 1.54) is 29.2 Å².